The van der Waals surface area contributed by atoms with Crippen LogP contribution < -0.4 is 14.7 Å². The van der Waals surface area contributed by atoms with Crippen molar-refractivity contribution < 1.29 is 25.5 Å². The first-order valence-electron chi connectivity index (χ1n) is 19.0. The van der Waals surface area contributed by atoms with Gasteiger partial charge in [-0.2, -0.15) is 24.3 Å². The molecule has 0 bridgehead atoms. The normalized spacial score (nSPS) is 13.3. The minimum Gasteiger partial charge on any atom is -0.493 e. The van der Waals surface area contributed by atoms with Crippen molar-refractivity contribution in [1.29, 1.82) is 0 Å². The van der Waals surface area contributed by atoms with E-state index in [1.807, 2.05) is 18.3 Å². The van der Waals surface area contributed by atoms with Gasteiger partial charge >= 0.3 is 0 Å². The molecular formula is C50H42FN4PtS-3. The number of para-hydroxylation sites is 2. The number of fused-ring (bicyclic) bond motifs is 6. The van der Waals surface area contributed by atoms with Crippen molar-refractivity contribution in [3.8, 4) is 22.3 Å². The minimum atomic E-state index is -0.306. The van der Waals surface area contributed by atoms with Gasteiger partial charge in [-0.25, -0.2) is 9.37 Å². The summed E-state index contributed by atoms with van der Waals surface area (Å²) < 4.78 is 15.3. The summed E-state index contributed by atoms with van der Waals surface area (Å²) in [5.41, 5.74) is 12.2. The van der Waals surface area contributed by atoms with Crippen molar-refractivity contribution >= 4 is 51.7 Å². The molecule has 2 aliphatic heterocycles. The number of hydrogen-bond donors (Lipinski definition) is 0. The third-order valence-corrected chi connectivity index (χ3v) is 11.5. The van der Waals surface area contributed by atoms with Crippen LogP contribution in [0.25, 0.3) is 22.3 Å². The average Bonchev–Trinajstić information content (AvgIpc) is 3.53. The Balaban J connectivity index is 0.00000455. The molecule has 288 valence electrons. The molecule has 0 atom stereocenters. The summed E-state index contributed by atoms with van der Waals surface area (Å²) in [5, 5.41) is 0. The van der Waals surface area contributed by atoms with Gasteiger partial charge in [0.05, 0.1) is 5.69 Å². The molecule has 0 spiro atoms. The Morgan fingerprint density at radius 1 is 0.579 bits per heavy atom. The molecule has 7 aromatic rings. The minimum absolute atomic E-state index is 0. The van der Waals surface area contributed by atoms with E-state index in [2.05, 4.69) is 184 Å². The van der Waals surface area contributed by atoms with Gasteiger partial charge in [-0.15, -0.1) is 57.7 Å². The Kier molecular flexibility index (Phi) is 10.2. The number of rotatable bonds is 5. The quantitative estimate of drug-likeness (QED) is 0.160. The van der Waals surface area contributed by atoms with Crippen molar-refractivity contribution in [2.24, 2.45) is 0 Å². The maximum Gasteiger partial charge on any atom is 0.135 e. The smallest absolute Gasteiger partial charge is 0.135 e. The fraction of sp³-hybridized carbons (Fsp3) is 0.160. The number of halogens is 1. The molecular weight excluding hydrogens is 903 g/mol. The van der Waals surface area contributed by atoms with Gasteiger partial charge in [0.15, 0.2) is 0 Å². The van der Waals surface area contributed by atoms with Crippen LogP contribution in [0, 0.1) is 24.6 Å². The Bertz CT molecular complexity index is 2610. The number of aromatic nitrogens is 1. The maximum absolute atomic E-state index is 15.3. The van der Waals surface area contributed by atoms with Crippen LogP contribution >= 0.6 is 11.8 Å². The number of benzene rings is 6. The van der Waals surface area contributed by atoms with E-state index in [9.17, 15) is 0 Å². The SMILES string of the molecule is CC(C)(C)c1ccc(N2[CH-]N(c3[c-]c(Sc4[c-]c5c(cc4)-c4ccccc4-c4ccc(F)cc4N5c4cc(C(C)(C)C)ccn4)ccc3)c3ccccc32)cc1.[Pt]. The number of pyridine rings is 1. The van der Waals surface area contributed by atoms with Gasteiger partial charge in [0.1, 0.15) is 11.6 Å². The van der Waals surface area contributed by atoms with Crippen molar-refractivity contribution in [3.05, 3.63) is 175 Å². The fourth-order valence-electron chi connectivity index (χ4n) is 7.54. The topological polar surface area (TPSA) is 22.6 Å². The molecule has 9 rings (SSSR count). The van der Waals surface area contributed by atoms with Crippen LogP contribution in [0.3, 0.4) is 0 Å². The van der Waals surface area contributed by atoms with Gasteiger partial charge in [0.25, 0.3) is 0 Å². The summed E-state index contributed by atoms with van der Waals surface area (Å²) >= 11 is 1.61. The van der Waals surface area contributed by atoms with Gasteiger partial charge in [-0.1, -0.05) is 101 Å². The van der Waals surface area contributed by atoms with Crippen LogP contribution in [0.4, 0.5) is 44.3 Å². The van der Waals surface area contributed by atoms with Crippen LogP contribution in [-0.2, 0) is 31.9 Å². The first kappa shape index (κ1) is 38.7. The Hall–Kier alpha value is -5.16. The van der Waals surface area contributed by atoms with Crippen molar-refractivity contribution in [3.63, 3.8) is 0 Å². The van der Waals surface area contributed by atoms with E-state index in [0.717, 1.165) is 71.7 Å². The van der Waals surface area contributed by atoms with Crippen LogP contribution in [0.15, 0.2) is 149 Å². The Labute approximate surface area is 354 Å². The fourth-order valence-corrected chi connectivity index (χ4v) is 8.36. The molecule has 4 nitrogen and oxygen atoms in total. The summed E-state index contributed by atoms with van der Waals surface area (Å²) in [5.74, 6) is 0.408. The van der Waals surface area contributed by atoms with Gasteiger partial charge in [0.2, 0.25) is 0 Å². The van der Waals surface area contributed by atoms with E-state index in [0.29, 0.717) is 5.82 Å². The molecule has 0 N–H and O–H groups in total. The molecule has 2 aliphatic rings. The molecule has 0 saturated heterocycles. The van der Waals surface area contributed by atoms with Crippen molar-refractivity contribution in [2.45, 2.75) is 62.2 Å². The second-order valence-electron chi connectivity index (χ2n) is 16.4. The summed E-state index contributed by atoms with van der Waals surface area (Å²) in [6.45, 7) is 15.4. The molecule has 1 aromatic heterocycles. The Morgan fingerprint density at radius 3 is 1.95 bits per heavy atom. The zero-order valence-corrected chi connectivity index (χ0v) is 35.8. The molecule has 0 fully saturated rings. The second kappa shape index (κ2) is 15.0. The van der Waals surface area contributed by atoms with Crippen LogP contribution in [0.2, 0.25) is 0 Å². The number of nitrogens with zero attached hydrogens (tertiary/aromatic N) is 4. The standard InChI is InChI=1S/C50H42FN4S.Pt/c1-49(2,3)33-18-21-36(22-19-33)53-32-54(45-17-10-9-16-44(45)53)37-12-11-13-38(30-37)56-39-23-25-43-41-15-8-7-14-40(41)42-24-20-35(51)29-46(42)55(47(43)31-39)48-28-34(26-27-52-48)50(4,5)6;/h7-29,32H,1-6H3;/q-3;. The van der Waals surface area contributed by atoms with Crippen LogP contribution in [-0.4, -0.2) is 4.98 Å². The van der Waals surface area contributed by atoms with Gasteiger partial charge in [-0.3, -0.25) is 0 Å². The molecule has 6 aromatic carbocycles. The summed E-state index contributed by atoms with van der Waals surface area (Å²) in [6.07, 6.45) is 1.85. The molecule has 0 aliphatic carbocycles. The molecule has 0 radical (unpaired) electrons. The van der Waals surface area contributed by atoms with E-state index in [1.165, 1.54) is 11.6 Å². The summed E-state index contributed by atoms with van der Waals surface area (Å²) in [4.78, 5) is 13.3. The third kappa shape index (κ3) is 7.31. The van der Waals surface area contributed by atoms with E-state index >= 15 is 4.39 Å². The molecule has 0 saturated carbocycles. The molecule has 7 heteroatoms. The molecule has 57 heavy (non-hydrogen) atoms. The first-order chi connectivity index (χ1) is 26.9. The van der Waals surface area contributed by atoms with Crippen LogP contribution in [0.1, 0.15) is 52.7 Å². The van der Waals surface area contributed by atoms with Gasteiger partial charge in [-0.05, 0) is 82.1 Å². The van der Waals surface area contributed by atoms with E-state index < -0.39 is 0 Å². The monoisotopic (exact) mass is 944 g/mol. The number of anilines is 7. The van der Waals surface area contributed by atoms with E-state index in [-0.39, 0.29) is 37.7 Å². The molecule has 3 heterocycles. The zero-order chi connectivity index (χ0) is 38.8. The second-order valence-corrected chi connectivity index (χ2v) is 17.5. The average molecular weight is 945 g/mol. The molecule has 0 amide bonds. The molecule has 0 unspecified atom stereocenters. The van der Waals surface area contributed by atoms with Gasteiger partial charge < -0.3 is 14.7 Å². The van der Waals surface area contributed by atoms with E-state index in [1.54, 1.807) is 17.8 Å². The summed E-state index contributed by atoms with van der Waals surface area (Å²) in [6, 6.07) is 52.9. The predicted octanol–water partition coefficient (Wildman–Crippen LogP) is 14.1. The van der Waals surface area contributed by atoms with Crippen LogP contribution in [0.5, 0.6) is 0 Å². The number of hydrogen-bond acceptors (Lipinski definition) is 5. The van der Waals surface area contributed by atoms with Crippen molar-refractivity contribution in [1.82, 2.24) is 4.98 Å². The van der Waals surface area contributed by atoms with E-state index in [4.69, 9.17) is 4.98 Å². The summed E-state index contributed by atoms with van der Waals surface area (Å²) in [7, 11) is 0. The van der Waals surface area contributed by atoms with Gasteiger partial charge in [0, 0.05) is 49.9 Å². The van der Waals surface area contributed by atoms with Crippen molar-refractivity contribution in [2.75, 3.05) is 14.7 Å². The third-order valence-electron chi connectivity index (χ3n) is 10.5. The Morgan fingerprint density at radius 2 is 1.23 bits per heavy atom. The zero-order valence-electron chi connectivity index (χ0n) is 32.7. The first-order valence-corrected chi connectivity index (χ1v) is 19.8. The predicted molar refractivity (Wildman–Crippen MR) is 230 cm³/mol. The largest absolute Gasteiger partial charge is 0.493 e. The maximum atomic E-state index is 15.3.